The molecule has 4 heteroatoms. The number of carbonyl (C=O) groups is 1. The number of amides is 1. The van der Waals surface area contributed by atoms with Crippen molar-refractivity contribution >= 4 is 5.91 Å². The van der Waals surface area contributed by atoms with Gasteiger partial charge in [-0.25, -0.2) is 0 Å². The minimum atomic E-state index is 0.134. The van der Waals surface area contributed by atoms with Crippen molar-refractivity contribution in [2.75, 3.05) is 0 Å². The predicted molar refractivity (Wildman–Crippen MR) is 98.1 cm³/mol. The molecule has 136 valence electrons. The van der Waals surface area contributed by atoms with Crippen molar-refractivity contribution in [3.63, 3.8) is 0 Å². The van der Waals surface area contributed by atoms with Crippen LogP contribution in [-0.2, 0) is 11.3 Å². The summed E-state index contributed by atoms with van der Waals surface area (Å²) in [5.41, 5.74) is 7.43. The third-order valence-electron chi connectivity index (χ3n) is 6.56. The summed E-state index contributed by atoms with van der Waals surface area (Å²) >= 11 is 0. The van der Waals surface area contributed by atoms with E-state index >= 15 is 0 Å². The quantitative estimate of drug-likeness (QED) is 0.862. The average molecular weight is 342 g/mol. The maximum atomic E-state index is 12.7. The van der Waals surface area contributed by atoms with Gasteiger partial charge in [-0.3, -0.25) is 4.79 Å². The molecular formula is C21H30N2O2. The normalized spacial score (nSPS) is 31.9. The molecule has 0 spiro atoms. The average Bonchev–Trinajstić information content (AvgIpc) is 2.56. The Morgan fingerprint density at radius 3 is 2.44 bits per heavy atom. The van der Waals surface area contributed by atoms with E-state index in [9.17, 15) is 4.79 Å². The molecule has 1 aromatic carbocycles. The molecule has 0 saturated heterocycles. The van der Waals surface area contributed by atoms with Crippen LogP contribution in [0.2, 0.25) is 0 Å². The van der Waals surface area contributed by atoms with Crippen molar-refractivity contribution in [1.82, 2.24) is 5.32 Å². The fraction of sp³-hybridized carbons (Fsp3) is 0.667. The lowest BCUT2D eigenvalue weighted by Crippen LogP contribution is -2.49. The SMILES string of the molecule is NC1C2CCCC1CC(C(=O)NCc1ccccc1OC1CCC1)C2. The van der Waals surface area contributed by atoms with E-state index in [2.05, 4.69) is 11.4 Å². The lowest BCUT2D eigenvalue weighted by molar-refractivity contribution is -0.128. The van der Waals surface area contributed by atoms with Crippen LogP contribution in [0.15, 0.2) is 24.3 Å². The lowest BCUT2D eigenvalue weighted by Gasteiger charge is -2.43. The molecule has 1 aromatic rings. The molecule has 4 rings (SSSR count). The van der Waals surface area contributed by atoms with Crippen LogP contribution in [0.25, 0.3) is 0 Å². The maximum absolute atomic E-state index is 12.7. The van der Waals surface area contributed by atoms with Gasteiger partial charge in [-0.15, -0.1) is 0 Å². The summed E-state index contributed by atoms with van der Waals surface area (Å²) in [4.78, 5) is 12.7. The number of nitrogens with two attached hydrogens (primary N) is 1. The Bertz CT molecular complexity index is 600. The van der Waals surface area contributed by atoms with Crippen LogP contribution in [0.3, 0.4) is 0 Å². The molecule has 2 unspecified atom stereocenters. The fourth-order valence-electron chi connectivity index (χ4n) is 4.76. The molecule has 0 aliphatic heterocycles. The molecule has 4 nitrogen and oxygen atoms in total. The van der Waals surface area contributed by atoms with Gasteiger partial charge in [-0.05, 0) is 62.8 Å². The molecule has 25 heavy (non-hydrogen) atoms. The van der Waals surface area contributed by atoms with Crippen molar-refractivity contribution in [3.8, 4) is 5.75 Å². The number of benzene rings is 1. The molecule has 2 bridgehead atoms. The van der Waals surface area contributed by atoms with Crippen LogP contribution in [0.5, 0.6) is 5.75 Å². The van der Waals surface area contributed by atoms with Crippen LogP contribution in [0.4, 0.5) is 0 Å². The smallest absolute Gasteiger partial charge is 0.223 e. The molecule has 3 aliphatic carbocycles. The van der Waals surface area contributed by atoms with Gasteiger partial charge in [-0.1, -0.05) is 24.6 Å². The Labute approximate surface area is 150 Å². The topological polar surface area (TPSA) is 64.4 Å². The highest BCUT2D eigenvalue weighted by Gasteiger charge is 2.40. The van der Waals surface area contributed by atoms with Gasteiger partial charge in [0, 0.05) is 24.1 Å². The van der Waals surface area contributed by atoms with E-state index in [1.165, 1.54) is 25.7 Å². The van der Waals surface area contributed by atoms with Crippen LogP contribution in [0.1, 0.15) is 56.9 Å². The number of hydrogen-bond donors (Lipinski definition) is 2. The number of rotatable bonds is 5. The van der Waals surface area contributed by atoms with Gasteiger partial charge in [0.05, 0.1) is 6.10 Å². The van der Waals surface area contributed by atoms with Gasteiger partial charge in [-0.2, -0.15) is 0 Å². The summed E-state index contributed by atoms with van der Waals surface area (Å²) in [5, 5.41) is 3.16. The van der Waals surface area contributed by atoms with E-state index in [0.717, 1.165) is 37.0 Å². The summed E-state index contributed by atoms with van der Waals surface area (Å²) in [5.74, 6) is 2.34. The second-order valence-corrected chi connectivity index (χ2v) is 8.19. The number of ether oxygens (including phenoxy) is 1. The maximum Gasteiger partial charge on any atom is 0.223 e. The van der Waals surface area contributed by atoms with E-state index < -0.39 is 0 Å². The molecule has 3 aliphatic rings. The Morgan fingerprint density at radius 1 is 1.08 bits per heavy atom. The van der Waals surface area contributed by atoms with E-state index in [1.807, 2.05) is 18.2 Å². The second kappa shape index (κ2) is 7.36. The highest BCUT2D eigenvalue weighted by atomic mass is 16.5. The first kappa shape index (κ1) is 16.9. The van der Waals surface area contributed by atoms with E-state index in [1.54, 1.807) is 0 Å². The van der Waals surface area contributed by atoms with E-state index in [0.29, 0.717) is 30.5 Å². The third kappa shape index (κ3) is 3.69. The first-order valence-electron chi connectivity index (χ1n) is 9.98. The number of fused-ring (bicyclic) bond motifs is 2. The van der Waals surface area contributed by atoms with Crippen LogP contribution in [-0.4, -0.2) is 18.1 Å². The zero-order valence-electron chi connectivity index (χ0n) is 15.0. The highest BCUT2D eigenvalue weighted by Crippen LogP contribution is 2.42. The van der Waals surface area contributed by atoms with Crippen LogP contribution < -0.4 is 15.8 Å². The number of hydrogen-bond acceptors (Lipinski definition) is 3. The Kier molecular flexibility index (Phi) is 4.98. The van der Waals surface area contributed by atoms with Gasteiger partial charge in [0.1, 0.15) is 5.75 Å². The van der Waals surface area contributed by atoms with Gasteiger partial charge < -0.3 is 15.8 Å². The first-order valence-corrected chi connectivity index (χ1v) is 9.98. The minimum Gasteiger partial charge on any atom is -0.490 e. The first-order chi connectivity index (χ1) is 12.2. The molecule has 0 aromatic heterocycles. The van der Waals surface area contributed by atoms with Crippen LogP contribution >= 0.6 is 0 Å². The highest BCUT2D eigenvalue weighted by molar-refractivity contribution is 5.78. The number of carbonyl (C=O) groups excluding carboxylic acids is 1. The molecule has 3 fully saturated rings. The van der Waals surface area contributed by atoms with E-state index in [4.69, 9.17) is 10.5 Å². The zero-order chi connectivity index (χ0) is 17.2. The molecule has 1 amide bonds. The summed E-state index contributed by atoms with van der Waals surface area (Å²) in [6.07, 6.45) is 9.50. The molecule has 3 N–H and O–H groups in total. The van der Waals surface area contributed by atoms with Crippen molar-refractivity contribution in [1.29, 1.82) is 0 Å². The standard InChI is InChI=1S/C21H30N2O2/c22-20-14-6-3-7-15(20)12-17(11-14)21(24)23-13-16-5-1-2-10-19(16)25-18-8-4-9-18/h1-2,5,10,14-15,17-18,20H,3-4,6-9,11-13,22H2,(H,23,24). The lowest BCUT2D eigenvalue weighted by atomic mass is 9.65. The number of nitrogens with one attached hydrogen (secondary N) is 1. The molecular weight excluding hydrogens is 312 g/mol. The van der Waals surface area contributed by atoms with Crippen molar-refractivity contribution in [3.05, 3.63) is 29.8 Å². The van der Waals surface area contributed by atoms with E-state index in [-0.39, 0.29) is 11.8 Å². The Balaban J connectivity index is 1.34. The monoisotopic (exact) mass is 342 g/mol. The van der Waals surface area contributed by atoms with Gasteiger partial charge in [0.25, 0.3) is 0 Å². The summed E-state index contributed by atoms with van der Waals surface area (Å²) in [6, 6.07) is 8.40. The van der Waals surface area contributed by atoms with Crippen molar-refractivity contribution in [2.45, 2.75) is 70.1 Å². The minimum absolute atomic E-state index is 0.134. The largest absolute Gasteiger partial charge is 0.490 e. The Hall–Kier alpha value is -1.55. The van der Waals surface area contributed by atoms with Crippen LogP contribution in [0, 0.1) is 17.8 Å². The molecule has 2 atom stereocenters. The summed E-state index contributed by atoms with van der Waals surface area (Å²) in [6.45, 7) is 0.555. The van der Waals surface area contributed by atoms with Crippen molar-refractivity contribution < 1.29 is 9.53 Å². The van der Waals surface area contributed by atoms with Gasteiger partial charge in [0.15, 0.2) is 0 Å². The van der Waals surface area contributed by atoms with Gasteiger partial charge in [0.2, 0.25) is 5.91 Å². The summed E-state index contributed by atoms with van der Waals surface area (Å²) < 4.78 is 6.07. The summed E-state index contributed by atoms with van der Waals surface area (Å²) in [7, 11) is 0. The molecule has 0 radical (unpaired) electrons. The molecule has 0 heterocycles. The fourth-order valence-corrected chi connectivity index (χ4v) is 4.76. The van der Waals surface area contributed by atoms with Crippen molar-refractivity contribution in [2.24, 2.45) is 23.5 Å². The number of para-hydroxylation sites is 1. The predicted octanol–water partition coefficient (Wildman–Crippen LogP) is 3.39. The third-order valence-corrected chi connectivity index (χ3v) is 6.56. The Morgan fingerprint density at radius 2 is 1.76 bits per heavy atom. The zero-order valence-corrected chi connectivity index (χ0v) is 15.0. The second-order valence-electron chi connectivity index (χ2n) is 8.19. The van der Waals surface area contributed by atoms with Gasteiger partial charge >= 0.3 is 0 Å². The molecule has 3 saturated carbocycles.